The highest BCUT2D eigenvalue weighted by Crippen LogP contribution is 2.49. The first-order valence-corrected chi connectivity index (χ1v) is 9.18. The molecule has 0 unspecified atom stereocenters. The average Bonchev–Trinajstić information content (AvgIpc) is 3.34. The molecule has 3 aromatic rings. The summed E-state index contributed by atoms with van der Waals surface area (Å²) in [6.45, 7) is 6.43. The fraction of sp³-hybridized carbons (Fsp3) is 0.364. The van der Waals surface area contributed by atoms with Gasteiger partial charge in [-0.05, 0) is 42.7 Å². The second kappa shape index (κ2) is 6.12. The molecule has 5 heteroatoms. The van der Waals surface area contributed by atoms with Gasteiger partial charge in [-0.3, -0.25) is 4.79 Å². The quantitative estimate of drug-likeness (QED) is 0.692. The molecule has 2 aromatic heterocycles. The predicted octanol–water partition coefficient (Wildman–Crippen LogP) is 4.51. The molecule has 27 heavy (non-hydrogen) atoms. The van der Waals surface area contributed by atoms with Crippen LogP contribution in [0.5, 0.6) is 11.5 Å². The lowest BCUT2D eigenvalue weighted by molar-refractivity contribution is -0.137. The molecule has 0 atom stereocenters. The molecule has 1 aromatic carbocycles. The molecule has 0 radical (unpaired) electrons. The van der Waals surface area contributed by atoms with Gasteiger partial charge in [0.05, 0.1) is 18.7 Å². The summed E-state index contributed by atoms with van der Waals surface area (Å²) in [5.41, 5.74) is 2.33. The van der Waals surface area contributed by atoms with Gasteiger partial charge < -0.3 is 14.5 Å². The Morgan fingerprint density at radius 2 is 1.81 bits per heavy atom. The Labute approximate surface area is 158 Å². The number of rotatable bonds is 4. The lowest BCUT2D eigenvalue weighted by Crippen LogP contribution is -2.25. The Bertz CT molecular complexity index is 993. The second-order valence-electron chi connectivity index (χ2n) is 8.24. The van der Waals surface area contributed by atoms with Crippen LogP contribution in [0.15, 0.2) is 42.6 Å². The van der Waals surface area contributed by atoms with Crippen LogP contribution in [0.25, 0.3) is 11.0 Å². The minimum atomic E-state index is -0.546. The molecule has 1 aliphatic rings. The molecule has 140 valence electrons. The average molecular weight is 364 g/mol. The number of pyridine rings is 1. The van der Waals surface area contributed by atoms with Crippen LogP contribution in [-0.2, 0) is 15.6 Å². The van der Waals surface area contributed by atoms with Crippen LogP contribution in [0.4, 0.5) is 0 Å². The summed E-state index contributed by atoms with van der Waals surface area (Å²) in [6, 6.07) is 11.6. The first-order chi connectivity index (χ1) is 12.8. The first kappa shape index (κ1) is 17.6. The molecule has 0 bridgehead atoms. The minimum Gasteiger partial charge on any atom is -0.497 e. The molecule has 0 amide bonds. The highest BCUT2D eigenvalue weighted by Gasteiger charge is 2.53. The third-order valence-electron chi connectivity index (χ3n) is 5.25. The van der Waals surface area contributed by atoms with E-state index in [2.05, 4.69) is 36.8 Å². The highest BCUT2D eigenvalue weighted by molar-refractivity contribution is 5.89. The largest absolute Gasteiger partial charge is 0.497 e. The normalized spacial score (nSPS) is 15.6. The summed E-state index contributed by atoms with van der Waals surface area (Å²) in [5, 5.41) is 0.944. The van der Waals surface area contributed by atoms with Gasteiger partial charge in [-0.15, -0.1) is 0 Å². The van der Waals surface area contributed by atoms with Crippen LogP contribution >= 0.6 is 0 Å². The molecule has 1 fully saturated rings. The van der Waals surface area contributed by atoms with E-state index in [4.69, 9.17) is 9.47 Å². The van der Waals surface area contributed by atoms with Gasteiger partial charge in [0.1, 0.15) is 17.1 Å². The van der Waals surface area contributed by atoms with Crippen molar-refractivity contribution in [3.8, 4) is 11.5 Å². The van der Waals surface area contributed by atoms with E-state index in [0.717, 1.165) is 40.9 Å². The maximum absolute atomic E-state index is 12.9. The number of H-pyrrole nitrogens is 1. The van der Waals surface area contributed by atoms with E-state index >= 15 is 0 Å². The Balaban J connectivity index is 1.57. The van der Waals surface area contributed by atoms with Gasteiger partial charge in [-0.1, -0.05) is 32.9 Å². The van der Waals surface area contributed by atoms with Crippen LogP contribution in [0.3, 0.4) is 0 Å². The molecule has 1 aliphatic carbocycles. The van der Waals surface area contributed by atoms with Crippen LogP contribution in [0.1, 0.15) is 44.9 Å². The Morgan fingerprint density at radius 3 is 2.41 bits per heavy atom. The van der Waals surface area contributed by atoms with Crippen LogP contribution in [0, 0.1) is 0 Å². The number of nitrogens with zero attached hydrogens (tertiary/aromatic N) is 1. The van der Waals surface area contributed by atoms with Crippen molar-refractivity contribution in [2.45, 2.75) is 44.4 Å². The molecule has 1 saturated carbocycles. The fourth-order valence-electron chi connectivity index (χ4n) is 3.31. The zero-order valence-electron chi connectivity index (χ0n) is 16.1. The number of hydrogen-bond donors (Lipinski definition) is 1. The molecular formula is C22H24N2O3. The van der Waals surface area contributed by atoms with Gasteiger partial charge in [-0.25, -0.2) is 4.98 Å². The lowest BCUT2D eigenvalue weighted by Gasteiger charge is -2.15. The van der Waals surface area contributed by atoms with Crippen molar-refractivity contribution in [3.05, 3.63) is 53.9 Å². The third kappa shape index (κ3) is 3.18. The number of hydrogen-bond acceptors (Lipinski definition) is 4. The number of carbonyl (C=O) groups is 1. The van der Waals surface area contributed by atoms with E-state index in [1.807, 2.05) is 30.3 Å². The highest BCUT2D eigenvalue weighted by atomic mass is 16.5. The zero-order valence-corrected chi connectivity index (χ0v) is 16.1. The predicted molar refractivity (Wildman–Crippen MR) is 104 cm³/mol. The van der Waals surface area contributed by atoms with Crippen LogP contribution in [-0.4, -0.2) is 23.0 Å². The van der Waals surface area contributed by atoms with E-state index in [-0.39, 0.29) is 11.4 Å². The molecule has 0 spiro atoms. The summed E-state index contributed by atoms with van der Waals surface area (Å²) in [6.07, 6.45) is 3.20. The van der Waals surface area contributed by atoms with Crippen LogP contribution < -0.4 is 9.47 Å². The number of fused-ring (bicyclic) bond motifs is 1. The van der Waals surface area contributed by atoms with Crippen molar-refractivity contribution in [2.75, 3.05) is 7.11 Å². The van der Waals surface area contributed by atoms with Gasteiger partial charge in [0.15, 0.2) is 0 Å². The number of aromatic amines is 1. The van der Waals surface area contributed by atoms with Gasteiger partial charge >= 0.3 is 5.97 Å². The summed E-state index contributed by atoms with van der Waals surface area (Å²) in [4.78, 5) is 20.6. The van der Waals surface area contributed by atoms with Crippen LogP contribution in [0.2, 0.25) is 0 Å². The van der Waals surface area contributed by atoms with E-state index in [1.54, 1.807) is 13.3 Å². The standard InChI is InChI=1S/C22H24N2O3/c1-21(2,3)18-12-14-11-17(13-23-19(14)24-18)27-20(25)22(9-10-22)15-5-7-16(26-4)8-6-15/h5-8,11-13H,9-10H2,1-4H3,(H,23,24). The van der Waals surface area contributed by atoms with Gasteiger partial charge in [0, 0.05) is 16.5 Å². The summed E-state index contributed by atoms with van der Waals surface area (Å²) < 4.78 is 10.9. The van der Waals surface area contributed by atoms with Crippen molar-refractivity contribution in [1.82, 2.24) is 9.97 Å². The maximum atomic E-state index is 12.9. The second-order valence-corrected chi connectivity index (χ2v) is 8.24. The van der Waals surface area contributed by atoms with Gasteiger partial charge in [0.25, 0.3) is 0 Å². The molecule has 5 nitrogen and oxygen atoms in total. The SMILES string of the molecule is COc1ccc(C2(C(=O)Oc3cnc4[nH]c(C(C)(C)C)cc4c3)CC2)cc1. The summed E-state index contributed by atoms with van der Waals surface area (Å²) in [7, 11) is 1.63. The van der Waals surface area contributed by atoms with Crippen molar-refractivity contribution in [3.63, 3.8) is 0 Å². The Kier molecular flexibility index (Phi) is 3.98. The number of esters is 1. The van der Waals surface area contributed by atoms with E-state index in [9.17, 15) is 4.79 Å². The molecule has 1 N–H and O–H groups in total. The number of methoxy groups -OCH3 is 1. The zero-order chi connectivity index (χ0) is 19.2. The van der Waals surface area contributed by atoms with E-state index < -0.39 is 5.41 Å². The van der Waals surface area contributed by atoms with Crippen molar-refractivity contribution in [1.29, 1.82) is 0 Å². The third-order valence-corrected chi connectivity index (χ3v) is 5.25. The lowest BCUT2D eigenvalue weighted by atomic mass is 9.92. The number of benzene rings is 1. The molecule has 0 aliphatic heterocycles. The maximum Gasteiger partial charge on any atom is 0.322 e. The van der Waals surface area contributed by atoms with Crippen molar-refractivity contribution >= 4 is 17.0 Å². The van der Waals surface area contributed by atoms with Crippen molar-refractivity contribution in [2.24, 2.45) is 0 Å². The Hall–Kier alpha value is -2.82. The van der Waals surface area contributed by atoms with Gasteiger partial charge in [0.2, 0.25) is 0 Å². The fourth-order valence-corrected chi connectivity index (χ4v) is 3.31. The topological polar surface area (TPSA) is 64.2 Å². The minimum absolute atomic E-state index is 0.00395. The first-order valence-electron chi connectivity index (χ1n) is 9.18. The number of nitrogens with one attached hydrogen (secondary N) is 1. The monoisotopic (exact) mass is 364 g/mol. The Morgan fingerprint density at radius 1 is 1.11 bits per heavy atom. The molecular weight excluding hydrogens is 340 g/mol. The molecule has 4 rings (SSSR count). The smallest absolute Gasteiger partial charge is 0.322 e. The van der Waals surface area contributed by atoms with E-state index in [0.29, 0.717) is 5.75 Å². The number of ether oxygens (including phenoxy) is 2. The van der Waals surface area contributed by atoms with Gasteiger partial charge in [-0.2, -0.15) is 0 Å². The number of aromatic nitrogens is 2. The molecule has 0 saturated heterocycles. The summed E-state index contributed by atoms with van der Waals surface area (Å²) in [5.74, 6) is 1.03. The number of carbonyl (C=O) groups excluding carboxylic acids is 1. The summed E-state index contributed by atoms with van der Waals surface area (Å²) >= 11 is 0. The van der Waals surface area contributed by atoms with Crippen molar-refractivity contribution < 1.29 is 14.3 Å². The molecule has 2 heterocycles. The van der Waals surface area contributed by atoms with E-state index in [1.165, 1.54) is 0 Å².